The third-order valence-corrected chi connectivity index (χ3v) is 8.39. The maximum atomic E-state index is 14.1. The number of aromatic nitrogens is 3. The number of benzene rings is 1. The number of hydrogen-bond acceptors (Lipinski definition) is 7. The Balaban J connectivity index is 1.74. The van der Waals surface area contributed by atoms with E-state index in [1.807, 2.05) is 0 Å². The summed E-state index contributed by atoms with van der Waals surface area (Å²) in [7, 11) is -1.43. The minimum Gasteiger partial charge on any atom is -0.383 e. The summed E-state index contributed by atoms with van der Waals surface area (Å²) in [4.78, 5) is 32.2. The van der Waals surface area contributed by atoms with Crippen molar-refractivity contribution in [3.63, 3.8) is 0 Å². The molecule has 2 N–H and O–H groups in total. The van der Waals surface area contributed by atoms with Crippen LogP contribution >= 0.6 is 0 Å². The second-order valence-electron chi connectivity index (χ2n) is 9.98. The zero-order valence-electron chi connectivity index (χ0n) is 22.7. The second-order valence-corrected chi connectivity index (χ2v) is 12.2. The summed E-state index contributed by atoms with van der Waals surface area (Å²) in [6, 6.07) is 6.10. The molecule has 3 heterocycles. The summed E-state index contributed by atoms with van der Waals surface area (Å²) in [5.74, 6) is -3.93. The Hall–Kier alpha value is -3.71. The molecule has 40 heavy (non-hydrogen) atoms. The standard InChI is InChI=1S/C27H32F2N6O4S/c1-17-22(19-14-31-34(3)16-19)15-30-24(35-11-6-9-27(28,29)10-12-35)23(17)26(38)32-20-7-5-8-21(13-20)40(4,39)33-25(37)18(2)36/h5,7-8,13-16,18,36H,6,9-12H2,1-4H3,(H,32,38)/t18-,40+/m0/s1. The molecule has 13 heteroatoms. The van der Waals surface area contributed by atoms with Gasteiger partial charge in [0.05, 0.1) is 21.5 Å². The van der Waals surface area contributed by atoms with Gasteiger partial charge in [0.2, 0.25) is 5.92 Å². The molecule has 1 fully saturated rings. The van der Waals surface area contributed by atoms with Crippen molar-refractivity contribution in [2.24, 2.45) is 11.4 Å². The number of halogens is 2. The molecule has 0 spiro atoms. The minimum absolute atomic E-state index is 0.0398. The highest BCUT2D eigenvalue weighted by Gasteiger charge is 2.33. The lowest BCUT2D eigenvalue weighted by Crippen LogP contribution is -2.30. The Morgan fingerprint density at radius 3 is 2.65 bits per heavy atom. The van der Waals surface area contributed by atoms with Gasteiger partial charge < -0.3 is 15.3 Å². The Labute approximate surface area is 231 Å². The largest absolute Gasteiger partial charge is 0.383 e. The van der Waals surface area contributed by atoms with Gasteiger partial charge in [-0.3, -0.25) is 14.3 Å². The van der Waals surface area contributed by atoms with Crippen LogP contribution in [0.25, 0.3) is 11.1 Å². The van der Waals surface area contributed by atoms with E-state index in [1.54, 1.807) is 54.3 Å². The van der Waals surface area contributed by atoms with Gasteiger partial charge in [-0.05, 0) is 44.0 Å². The number of carbonyl (C=O) groups is 2. The summed E-state index contributed by atoms with van der Waals surface area (Å²) in [6.45, 7) is 3.36. The fraction of sp³-hybridized carbons (Fsp3) is 0.407. The Morgan fingerprint density at radius 2 is 1.98 bits per heavy atom. The van der Waals surface area contributed by atoms with E-state index in [0.29, 0.717) is 23.5 Å². The number of anilines is 2. The monoisotopic (exact) mass is 574 g/mol. The fourth-order valence-electron chi connectivity index (χ4n) is 4.53. The van der Waals surface area contributed by atoms with Crippen molar-refractivity contribution in [2.75, 3.05) is 29.6 Å². The van der Waals surface area contributed by atoms with E-state index < -0.39 is 33.6 Å². The number of aliphatic hydroxyl groups excluding tert-OH is 1. The van der Waals surface area contributed by atoms with Gasteiger partial charge in [0.15, 0.2) is 0 Å². The van der Waals surface area contributed by atoms with Gasteiger partial charge in [0.25, 0.3) is 11.8 Å². The number of rotatable bonds is 6. The molecule has 10 nitrogen and oxygen atoms in total. The first kappa shape index (κ1) is 29.3. The smallest absolute Gasteiger partial charge is 0.282 e. The molecule has 1 aliphatic heterocycles. The lowest BCUT2D eigenvalue weighted by molar-refractivity contribution is -0.124. The van der Waals surface area contributed by atoms with Crippen LogP contribution in [0.5, 0.6) is 0 Å². The molecule has 0 radical (unpaired) electrons. The zero-order chi connectivity index (χ0) is 29.2. The second kappa shape index (κ2) is 11.4. The molecule has 0 aliphatic carbocycles. The number of amides is 2. The van der Waals surface area contributed by atoms with Crippen molar-refractivity contribution < 1.29 is 27.7 Å². The van der Waals surface area contributed by atoms with E-state index in [0.717, 1.165) is 5.56 Å². The maximum absolute atomic E-state index is 14.1. The Morgan fingerprint density at radius 1 is 1.23 bits per heavy atom. The van der Waals surface area contributed by atoms with Crippen molar-refractivity contribution in [2.45, 2.75) is 50.0 Å². The maximum Gasteiger partial charge on any atom is 0.282 e. The van der Waals surface area contributed by atoms with Gasteiger partial charge in [-0.2, -0.15) is 9.46 Å². The number of aliphatic hydroxyl groups is 1. The van der Waals surface area contributed by atoms with Gasteiger partial charge in [0, 0.05) is 73.3 Å². The molecular formula is C27H32F2N6O4S. The van der Waals surface area contributed by atoms with Crippen LogP contribution in [-0.4, -0.2) is 67.3 Å². The van der Waals surface area contributed by atoms with Gasteiger partial charge in [-0.15, -0.1) is 0 Å². The van der Waals surface area contributed by atoms with E-state index in [9.17, 15) is 27.7 Å². The molecule has 3 aromatic rings. The van der Waals surface area contributed by atoms with Gasteiger partial charge >= 0.3 is 0 Å². The van der Waals surface area contributed by atoms with Crippen molar-refractivity contribution in [1.29, 1.82) is 0 Å². The van der Waals surface area contributed by atoms with Gasteiger partial charge in [-0.25, -0.2) is 18.0 Å². The molecule has 0 bridgehead atoms. The summed E-state index contributed by atoms with van der Waals surface area (Å²) in [6.07, 6.45) is 4.60. The molecule has 2 amide bonds. The van der Waals surface area contributed by atoms with Crippen LogP contribution in [0.3, 0.4) is 0 Å². The summed E-state index contributed by atoms with van der Waals surface area (Å²) < 4.78 is 46.6. The van der Waals surface area contributed by atoms with Crippen LogP contribution in [0.1, 0.15) is 42.1 Å². The number of carbonyl (C=O) groups excluding carboxylic acids is 2. The third kappa shape index (κ3) is 6.53. The van der Waals surface area contributed by atoms with Crippen LogP contribution in [0.2, 0.25) is 0 Å². The number of alkyl halides is 2. The average Bonchev–Trinajstić information content (AvgIpc) is 3.22. The molecule has 214 valence electrons. The molecule has 1 aromatic carbocycles. The predicted molar refractivity (Wildman–Crippen MR) is 148 cm³/mol. The molecule has 0 unspecified atom stereocenters. The minimum atomic E-state index is -3.20. The molecular weight excluding hydrogens is 542 g/mol. The van der Waals surface area contributed by atoms with Crippen molar-refractivity contribution >= 4 is 33.0 Å². The number of nitrogens with one attached hydrogen (secondary N) is 1. The van der Waals surface area contributed by atoms with Crippen LogP contribution in [0.15, 0.2) is 52.1 Å². The topological polar surface area (TPSA) is 130 Å². The molecule has 0 saturated carbocycles. The highest BCUT2D eigenvalue weighted by atomic mass is 32.2. The molecule has 2 atom stereocenters. The van der Waals surface area contributed by atoms with Crippen LogP contribution in [0, 0.1) is 6.92 Å². The Kier molecular flexibility index (Phi) is 8.36. The van der Waals surface area contributed by atoms with Crippen LogP contribution in [0.4, 0.5) is 20.3 Å². The van der Waals surface area contributed by atoms with Crippen molar-refractivity contribution in [3.05, 3.63) is 54.0 Å². The van der Waals surface area contributed by atoms with Crippen LogP contribution in [-0.2, 0) is 21.6 Å². The van der Waals surface area contributed by atoms with E-state index >= 15 is 0 Å². The molecule has 1 aliphatic rings. The van der Waals surface area contributed by atoms with Gasteiger partial charge in [-0.1, -0.05) is 6.07 Å². The molecule has 2 aromatic heterocycles. The third-order valence-electron chi connectivity index (χ3n) is 6.73. The quantitative estimate of drug-likeness (QED) is 0.455. The normalized spacial score (nSPS) is 17.4. The van der Waals surface area contributed by atoms with Gasteiger partial charge in [0.1, 0.15) is 11.9 Å². The van der Waals surface area contributed by atoms with E-state index in [1.165, 1.54) is 25.3 Å². The first-order chi connectivity index (χ1) is 18.8. The zero-order valence-corrected chi connectivity index (χ0v) is 23.5. The lowest BCUT2D eigenvalue weighted by atomic mass is 9.99. The number of hydrogen-bond donors (Lipinski definition) is 2. The predicted octanol–water partition coefficient (Wildman–Crippen LogP) is 4.03. The number of pyridine rings is 1. The SMILES string of the molecule is Cc1c(-c2cnn(C)c2)cnc(N2CCCC(F)(F)CC2)c1C(=O)Nc1cccc([S@@](C)(=O)=NC(=O)[C@H](C)O)c1. The van der Waals surface area contributed by atoms with E-state index in [-0.39, 0.29) is 42.0 Å². The fourth-order valence-corrected chi connectivity index (χ4v) is 5.81. The number of aryl methyl sites for hydroxylation is 1. The first-order valence-corrected chi connectivity index (χ1v) is 14.7. The van der Waals surface area contributed by atoms with Crippen molar-refractivity contribution in [3.8, 4) is 11.1 Å². The highest BCUT2D eigenvalue weighted by Crippen LogP contribution is 2.34. The summed E-state index contributed by atoms with van der Waals surface area (Å²) in [5, 5.41) is 16.5. The van der Waals surface area contributed by atoms with E-state index in [4.69, 9.17) is 0 Å². The average molecular weight is 575 g/mol. The molecule has 4 rings (SSSR count). The van der Waals surface area contributed by atoms with E-state index in [2.05, 4.69) is 19.8 Å². The number of nitrogens with zero attached hydrogens (tertiary/aromatic N) is 5. The Bertz CT molecular complexity index is 1560. The first-order valence-electron chi connectivity index (χ1n) is 12.7. The summed E-state index contributed by atoms with van der Waals surface area (Å²) in [5.41, 5.74) is 2.52. The van der Waals surface area contributed by atoms with Crippen molar-refractivity contribution in [1.82, 2.24) is 14.8 Å². The van der Waals surface area contributed by atoms with Crippen LogP contribution < -0.4 is 10.2 Å². The molecule has 1 saturated heterocycles. The lowest BCUT2D eigenvalue weighted by Gasteiger charge is -2.26. The highest BCUT2D eigenvalue weighted by molar-refractivity contribution is 7.93. The summed E-state index contributed by atoms with van der Waals surface area (Å²) >= 11 is 0.